The molecule has 0 aliphatic carbocycles. The number of hydrogen-bond acceptors (Lipinski definition) is 5. The maximum absolute atomic E-state index is 12.7. The number of amides is 1. The number of carbonyl (C=O) groups is 1. The van der Waals surface area contributed by atoms with Gasteiger partial charge in [-0.15, -0.1) is 0 Å². The summed E-state index contributed by atoms with van der Waals surface area (Å²) < 4.78 is 5.98. The number of methoxy groups -OCH3 is 1. The van der Waals surface area contributed by atoms with Crippen molar-refractivity contribution < 1.29 is 9.53 Å². The summed E-state index contributed by atoms with van der Waals surface area (Å²) in [5.74, 6) is 0.388. The van der Waals surface area contributed by atoms with E-state index in [1.165, 1.54) is 17.7 Å². The Morgan fingerprint density at radius 1 is 1.10 bits per heavy atom. The Hall–Kier alpha value is -3.55. The van der Waals surface area contributed by atoms with Gasteiger partial charge in [-0.3, -0.25) is 14.3 Å². The summed E-state index contributed by atoms with van der Waals surface area (Å²) in [7, 11) is 1.34. The first-order valence-electron chi connectivity index (χ1n) is 10.4. The molecule has 8 heteroatoms. The normalized spacial score (nSPS) is 15.6. The fraction of sp³-hybridized carbons (Fsp3) is 0.348. The SMILES string of the molecule is COC(=O)N1CCC(n2c(=O)cc(N[C@@H](C)c3ccc4ccccc4c3)[nH]c2=O)CC1. The zero-order valence-corrected chi connectivity index (χ0v) is 17.6. The van der Waals surface area contributed by atoms with Crippen LogP contribution in [0.2, 0.25) is 0 Å². The molecule has 1 aliphatic rings. The number of rotatable bonds is 4. The van der Waals surface area contributed by atoms with Crippen LogP contribution in [0, 0.1) is 0 Å². The third kappa shape index (κ3) is 4.33. The molecule has 0 saturated carbocycles. The van der Waals surface area contributed by atoms with Crippen molar-refractivity contribution in [1.82, 2.24) is 14.5 Å². The van der Waals surface area contributed by atoms with Crippen molar-refractivity contribution >= 4 is 22.7 Å². The average Bonchev–Trinajstić information content (AvgIpc) is 2.78. The van der Waals surface area contributed by atoms with Crippen LogP contribution < -0.4 is 16.6 Å². The highest BCUT2D eigenvalue weighted by molar-refractivity contribution is 5.83. The molecule has 1 atom stereocenters. The number of carbonyl (C=O) groups excluding carboxylic acids is 1. The number of H-pyrrole nitrogens is 1. The minimum absolute atomic E-state index is 0.0983. The van der Waals surface area contributed by atoms with E-state index < -0.39 is 5.69 Å². The van der Waals surface area contributed by atoms with E-state index in [-0.39, 0.29) is 23.7 Å². The lowest BCUT2D eigenvalue weighted by Crippen LogP contribution is -2.45. The van der Waals surface area contributed by atoms with Gasteiger partial charge in [0.15, 0.2) is 0 Å². The van der Waals surface area contributed by atoms with E-state index in [1.54, 1.807) is 4.90 Å². The van der Waals surface area contributed by atoms with Crippen LogP contribution in [0.3, 0.4) is 0 Å². The molecule has 1 aromatic heterocycles. The van der Waals surface area contributed by atoms with E-state index in [4.69, 9.17) is 4.74 Å². The lowest BCUT2D eigenvalue weighted by atomic mass is 10.0. The molecular formula is C23H26N4O4. The molecule has 1 fully saturated rings. The summed E-state index contributed by atoms with van der Waals surface area (Å²) in [6, 6.07) is 15.4. The highest BCUT2D eigenvalue weighted by Gasteiger charge is 2.26. The molecule has 0 bridgehead atoms. The van der Waals surface area contributed by atoms with Crippen LogP contribution in [0.5, 0.6) is 0 Å². The second kappa shape index (κ2) is 8.67. The number of nitrogens with zero attached hydrogens (tertiary/aromatic N) is 2. The van der Waals surface area contributed by atoms with Gasteiger partial charge in [0.25, 0.3) is 5.56 Å². The Morgan fingerprint density at radius 2 is 1.81 bits per heavy atom. The molecule has 1 amide bonds. The Balaban J connectivity index is 1.50. The molecule has 0 spiro atoms. The van der Waals surface area contributed by atoms with Crippen molar-refractivity contribution in [3.8, 4) is 0 Å². The number of fused-ring (bicyclic) bond motifs is 1. The molecule has 1 aliphatic heterocycles. The van der Waals surface area contributed by atoms with Crippen LogP contribution >= 0.6 is 0 Å². The van der Waals surface area contributed by atoms with E-state index in [1.807, 2.05) is 25.1 Å². The molecule has 3 aromatic rings. The van der Waals surface area contributed by atoms with Gasteiger partial charge < -0.3 is 15.0 Å². The van der Waals surface area contributed by atoms with Gasteiger partial charge in [-0.25, -0.2) is 9.59 Å². The summed E-state index contributed by atoms with van der Waals surface area (Å²) in [5.41, 5.74) is 0.254. The van der Waals surface area contributed by atoms with Gasteiger partial charge in [0, 0.05) is 31.2 Å². The number of piperidine rings is 1. The van der Waals surface area contributed by atoms with Gasteiger partial charge in [0.05, 0.1) is 7.11 Å². The summed E-state index contributed by atoms with van der Waals surface area (Å²) in [4.78, 5) is 41.4. The minimum atomic E-state index is -0.447. The lowest BCUT2D eigenvalue weighted by Gasteiger charge is -2.31. The van der Waals surface area contributed by atoms with Crippen molar-refractivity contribution in [3.05, 3.63) is 74.9 Å². The van der Waals surface area contributed by atoms with E-state index in [0.29, 0.717) is 31.7 Å². The number of anilines is 1. The smallest absolute Gasteiger partial charge is 0.409 e. The molecule has 31 heavy (non-hydrogen) atoms. The van der Waals surface area contributed by atoms with Gasteiger partial charge in [-0.05, 0) is 42.2 Å². The van der Waals surface area contributed by atoms with Gasteiger partial charge in [-0.1, -0.05) is 36.4 Å². The highest BCUT2D eigenvalue weighted by Crippen LogP contribution is 2.23. The van der Waals surface area contributed by atoms with Gasteiger partial charge in [0.2, 0.25) is 0 Å². The predicted octanol–water partition coefficient (Wildman–Crippen LogP) is 3.27. The fourth-order valence-corrected chi connectivity index (χ4v) is 4.16. The number of aromatic nitrogens is 2. The standard InChI is InChI=1S/C23H26N4O4/c1-15(17-8-7-16-5-3-4-6-18(16)13-17)24-20-14-21(28)27(22(29)25-20)19-9-11-26(12-10-19)23(30)31-2/h3-8,13-15,19,24H,9-12H2,1-2H3,(H,25,29)/t15-/m0/s1. The van der Waals surface area contributed by atoms with E-state index >= 15 is 0 Å². The first-order valence-corrected chi connectivity index (χ1v) is 10.4. The Kier molecular flexibility index (Phi) is 5.79. The van der Waals surface area contributed by atoms with Gasteiger partial charge >= 0.3 is 11.8 Å². The van der Waals surface area contributed by atoms with Crippen LogP contribution in [0.25, 0.3) is 10.8 Å². The van der Waals surface area contributed by atoms with Crippen LogP contribution in [0.15, 0.2) is 58.1 Å². The first kappa shape index (κ1) is 20.7. The molecule has 0 unspecified atom stereocenters. The third-order valence-corrected chi connectivity index (χ3v) is 5.87. The number of likely N-dealkylation sites (tertiary alicyclic amines) is 1. The molecule has 2 heterocycles. The summed E-state index contributed by atoms with van der Waals surface area (Å²) >= 11 is 0. The maximum atomic E-state index is 12.7. The van der Waals surface area contributed by atoms with Crippen LogP contribution in [-0.2, 0) is 4.74 Å². The number of nitrogens with one attached hydrogen (secondary N) is 2. The zero-order chi connectivity index (χ0) is 22.0. The molecule has 8 nitrogen and oxygen atoms in total. The van der Waals surface area contributed by atoms with E-state index in [9.17, 15) is 14.4 Å². The lowest BCUT2D eigenvalue weighted by molar-refractivity contribution is 0.106. The van der Waals surface area contributed by atoms with Gasteiger partial charge in [0.1, 0.15) is 5.82 Å². The Bertz CT molecular complexity index is 1180. The summed E-state index contributed by atoms with van der Waals surface area (Å²) in [6.45, 7) is 2.88. The molecule has 2 aromatic carbocycles. The maximum Gasteiger partial charge on any atom is 0.409 e. The van der Waals surface area contributed by atoms with Crippen molar-refractivity contribution in [1.29, 1.82) is 0 Å². The fourth-order valence-electron chi connectivity index (χ4n) is 4.16. The van der Waals surface area contributed by atoms with Crippen molar-refractivity contribution in [2.24, 2.45) is 0 Å². The Morgan fingerprint density at radius 3 is 2.48 bits per heavy atom. The predicted molar refractivity (Wildman–Crippen MR) is 120 cm³/mol. The number of ether oxygens (including phenoxy) is 1. The number of benzene rings is 2. The Labute approximate surface area is 179 Å². The molecule has 162 valence electrons. The molecule has 2 N–H and O–H groups in total. The third-order valence-electron chi connectivity index (χ3n) is 5.87. The largest absolute Gasteiger partial charge is 0.453 e. The molecule has 4 rings (SSSR count). The second-order valence-corrected chi connectivity index (χ2v) is 7.86. The first-order chi connectivity index (χ1) is 15.0. The number of hydrogen-bond donors (Lipinski definition) is 2. The van der Waals surface area contributed by atoms with Crippen LogP contribution in [0.1, 0.15) is 37.4 Å². The monoisotopic (exact) mass is 422 g/mol. The average molecular weight is 422 g/mol. The van der Waals surface area contributed by atoms with E-state index in [2.05, 4.69) is 34.6 Å². The minimum Gasteiger partial charge on any atom is -0.453 e. The van der Waals surface area contributed by atoms with Crippen molar-refractivity contribution in [2.45, 2.75) is 31.8 Å². The topological polar surface area (TPSA) is 96.4 Å². The molecule has 0 radical (unpaired) electrons. The molecular weight excluding hydrogens is 396 g/mol. The number of aromatic amines is 1. The second-order valence-electron chi connectivity index (χ2n) is 7.86. The van der Waals surface area contributed by atoms with Crippen molar-refractivity contribution in [2.75, 3.05) is 25.5 Å². The highest BCUT2D eigenvalue weighted by atomic mass is 16.5. The summed E-state index contributed by atoms with van der Waals surface area (Å²) in [6.07, 6.45) is 0.665. The van der Waals surface area contributed by atoms with E-state index in [0.717, 1.165) is 16.3 Å². The van der Waals surface area contributed by atoms with Crippen molar-refractivity contribution in [3.63, 3.8) is 0 Å². The quantitative estimate of drug-likeness (QED) is 0.673. The summed E-state index contributed by atoms with van der Waals surface area (Å²) in [5, 5.41) is 5.52. The van der Waals surface area contributed by atoms with Gasteiger partial charge in [-0.2, -0.15) is 0 Å². The van der Waals surface area contributed by atoms with Crippen LogP contribution in [-0.4, -0.2) is 40.7 Å². The zero-order valence-electron chi connectivity index (χ0n) is 17.6. The molecule has 1 saturated heterocycles. The van der Waals surface area contributed by atoms with Crippen LogP contribution in [0.4, 0.5) is 10.6 Å².